The molecule has 0 saturated heterocycles. The molecule has 3 heteroatoms. The molecule has 0 amide bonds. The van der Waals surface area contributed by atoms with Crippen molar-refractivity contribution in [1.82, 2.24) is 0 Å². The molecule has 0 bridgehead atoms. The van der Waals surface area contributed by atoms with Gasteiger partial charge in [0.05, 0.1) is 0 Å². The van der Waals surface area contributed by atoms with Crippen molar-refractivity contribution < 1.29 is 5.11 Å². The lowest BCUT2D eigenvalue weighted by atomic mass is 10.0. The largest absolute Gasteiger partial charge is 0.507 e. The molecular formula is C18H28ClNO. The molecule has 1 heterocycles. The zero-order chi connectivity index (χ0) is 16.3. The van der Waals surface area contributed by atoms with Gasteiger partial charge in [0.25, 0.3) is 0 Å². The summed E-state index contributed by atoms with van der Waals surface area (Å²) in [7, 11) is 0. The van der Waals surface area contributed by atoms with Crippen molar-refractivity contribution in [3.63, 3.8) is 0 Å². The maximum atomic E-state index is 9.80. The van der Waals surface area contributed by atoms with Crippen molar-refractivity contribution >= 4 is 28.1 Å². The highest BCUT2D eigenvalue weighted by molar-refractivity contribution is 6.17. The average Bonchev–Trinajstić information content (AvgIpc) is 3.01. The van der Waals surface area contributed by atoms with Gasteiger partial charge in [-0.05, 0) is 17.4 Å². The third kappa shape index (κ3) is 5.13. The van der Waals surface area contributed by atoms with Gasteiger partial charge in [-0.3, -0.25) is 0 Å². The van der Waals surface area contributed by atoms with E-state index in [9.17, 15) is 5.11 Å². The Morgan fingerprint density at radius 3 is 2.19 bits per heavy atom. The van der Waals surface area contributed by atoms with Crippen LogP contribution in [0.25, 0.3) is 10.8 Å². The van der Waals surface area contributed by atoms with Crippen LogP contribution in [0.5, 0.6) is 5.75 Å². The van der Waals surface area contributed by atoms with Crippen LogP contribution in [0.1, 0.15) is 40.2 Å². The molecular weight excluding hydrogens is 282 g/mol. The summed E-state index contributed by atoms with van der Waals surface area (Å²) in [5.74, 6) is 1.09. The van der Waals surface area contributed by atoms with E-state index in [0.717, 1.165) is 29.9 Å². The second kappa shape index (κ2) is 11.3. The molecule has 21 heavy (non-hydrogen) atoms. The van der Waals surface area contributed by atoms with E-state index in [0.29, 0.717) is 5.75 Å². The second-order valence-corrected chi connectivity index (χ2v) is 4.45. The van der Waals surface area contributed by atoms with Crippen LogP contribution in [-0.4, -0.2) is 17.5 Å². The number of hydrogen-bond donors (Lipinski definition) is 2. The van der Waals surface area contributed by atoms with Gasteiger partial charge < -0.3 is 10.4 Å². The quantitative estimate of drug-likeness (QED) is 0.602. The zero-order valence-corrected chi connectivity index (χ0v) is 14.6. The van der Waals surface area contributed by atoms with Crippen LogP contribution in [0.15, 0.2) is 30.3 Å². The maximum absolute atomic E-state index is 9.80. The number of phenols is 1. The number of hydrogen-bond acceptors (Lipinski definition) is 2. The lowest BCUT2D eigenvalue weighted by Gasteiger charge is -2.06. The molecule has 2 aromatic rings. The first kappa shape index (κ1) is 19.6. The van der Waals surface area contributed by atoms with E-state index in [-0.39, 0.29) is 0 Å². The highest BCUT2D eigenvalue weighted by Gasteiger charge is 2.15. The molecule has 0 spiro atoms. The Balaban J connectivity index is 0.000000500. The van der Waals surface area contributed by atoms with E-state index >= 15 is 0 Å². The van der Waals surface area contributed by atoms with Crippen LogP contribution in [0.2, 0.25) is 0 Å². The summed E-state index contributed by atoms with van der Waals surface area (Å²) < 4.78 is 0. The fraction of sp³-hybridized carbons (Fsp3) is 0.444. The van der Waals surface area contributed by atoms with Crippen LogP contribution >= 0.6 is 11.6 Å². The first-order valence-corrected chi connectivity index (χ1v) is 8.34. The number of alkyl halides is 1. The molecule has 2 aromatic carbocycles. The molecule has 2 N–H and O–H groups in total. The van der Waals surface area contributed by atoms with E-state index in [2.05, 4.69) is 11.4 Å². The van der Waals surface area contributed by atoms with E-state index < -0.39 is 0 Å². The van der Waals surface area contributed by atoms with E-state index in [1.807, 2.05) is 58.9 Å². The van der Waals surface area contributed by atoms with Gasteiger partial charge in [-0.25, -0.2) is 0 Å². The second-order valence-electron chi connectivity index (χ2n) is 3.91. The number of anilines is 1. The summed E-state index contributed by atoms with van der Waals surface area (Å²) in [6, 6.07) is 9.83. The summed E-state index contributed by atoms with van der Waals surface area (Å²) in [5.41, 5.74) is 2.42. The Labute approximate surface area is 134 Å². The summed E-state index contributed by atoms with van der Waals surface area (Å²) in [4.78, 5) is 0. The summed E-state index contributed by atoms with van der Waals surface area (Å²) in [6.45, 7) is 10.9. The Morgan fingerprint density at radius 1 is 1.10 bits per heavy atom. The summed E-state index contributed by atoms with van der Waals surface area (Å²) >= 11 is 5.00. The molecule has 2 nitrogen and oxygen atoms in total. The fourth-order valence-corrected chi connectivity index (χ4v) is 2.17. The number of halogens is 1. The number of nitrogens with one attached hydrogen (secondary N) is 1. The minimum atomic E-state index is 0.369. The number of benzene rings is 2. The molecule has 118 valence electrons. The Kier molecular flexibility index (Phi) is 10.5. The molecule has 0 aromatic heterocycles. The molecule has 1 aliphatic rings. The number of fused-ring (bicyclic) bond motifs is 3. The summed E-state index contributed by atoms with van der Waals surface area (Å²) in [6.07, 6.45) is 1.05. The third-order valence-corrected chi connectivity index (χ3v) is 2.82. The van der Waals surface area contributed by atoms with Gasteiger partial charge >= 0.3 is 0 Å². The van der Waals surface area contributed by atoms with Gasteiger partial charge in [0, 0.05) is 29.6 Å². The van der Waals surface area contributed by atoms with Crippen molar-refractivity contribution in [2.24, 2.45) is 0 Å². The van der Waals surface area contributed by atoms with Crippen molar-refractivity contribution in [3.8, 4) is 5.75 Å². The van der Waals surface area contributed by atoms with Gasteiger partial charge in [0.15, 0.2) is 0 Å². The van der Waals surface area contributed by atoms with Gasteiger partial charge in [-0.1, -0.05) is 58.9 Å². The molecule has 0 fully saturated rings. The first-order chi connectivity index (χ1) is 10.3. The predicted molar refractivity (Wildman–Crippen MR) is 96.9 cm³/mol. The molecule has 0 radical (unpaired) electrons. The van der Waals surface area contributed by atoms with Gasteiger partial charge in [0.1, 0.15) is 5.75 Å². The van der Waals surface area contributed by atoms with E-state index in [1.54, 1.807) is 0 Å². The van der Waals surface area contributed by atoms with Crippen LogP contribution in [0, 0.1) is 0 Å². The van der Waals surface area contributed by atoms with E-state index in [1.165, 1.54) is 10.9 Å². The smallest absolute Gasteiger partial charge is 0.125 e. The molecule has 1 aliphatic heterocycles. The maximum Gasteiger partial charge on any atom is 0.125 e. The SMILES string of the molecule is CC.CC.CCCl.Oc1cc2c(c3ccccc13)CCN2. The Bertz CT molecular complexity index is 526. The van der Waals surface area contributed by atoms with Gasteiger partial charge in [0.2, 0.25) is 0 Å². The minimum Gasteiger partial charge on any atom is -0.507 e. The van der Waals surface area contributed by atoms with Crippen molar-refractivity contribution in [1.29, 1.82) is 0 Å². The first-order valence-electron chi connectivity index (χ1n) is 7.81. The monoisotopic (exact) mass is 309 g/mol. The van der Waals surface area contributed by atoms with Crippen LogP contribution in [-0.2, 0) is 6.42 Å². The molecule has 0 unspecified atom stereocenters. The van der Waals surface area contributed by atoms with Gasteiger partial charge in [-0.2, -0.15) is 0 Å². The normalized spacial score (nSPS) is 10.8. The van der Waals surface area contributed by atoms with Crippen LogP contribution in [0.4, 0.5) is 5.69 Å². The summed E-state index contributed by atoms with van der Waals surface area (Å²) in [5, 5.41) is 15.2. The van der Waals surface area contributed by atoms with Crippen LogP contribution < -0.4 is 5.32 Å². The molecule has 0 aliphatic carbocycles. The molecule has 0 atom stereocenters. The van der Waals surface area contributed by atoms with Gasteiger partial charge in [-0.15, -0.1) is 11.6 Å². The predicted octanol–water partition coefficient (Wildman–Crippen LogP) is 5.81. The lowest BCUT2D eigenvalue weighted by molar-refractivity contribution is 0.482. The third-order valence-electron chi connectivity index (χ3n) is 2.82. The average molecular weight is 310 g/mol. The zero-order valence-electron chi connectivity index (χ0n) is 13.8. The number of phenolic OH excluding ortho intramolecular Hbond substituents is 1. The van der Waals surface area contributed by atoms with E-state index in [4.69, 9.17) is 11.6 Å². The molecule has 0 saturated carbocycles. The minimum absolute atomic E-state index is 0.369. The number of aromatic hydroxyl groups is 1. The highest BCUT2D eigenvalue weighted by Crippen LogP contribution is 2.36. The topological polar surface area (TPSA) is 32.3 Å². The lowest BCUT2D eigenvalue weighted by Crippen LogP contribution is -1.90. The van der Waals surface area contributed by atoms with Crippen LogP contribution in [0.3, 0.4) is 0 Å². The Morgan fingerprint density at radius 2 is 1.62 bits per heavy atom. The number of rotatable bonds is 0. The van der Waals surface area contributed by atoms with Crippen molar-refractivity contribution in [2.75, 3.05) is 17.7 Å². The standard InChI is InChI=1S/C12H11NO.C2H5Cl.2C2H6/c14-12-7-11-9(5-6-13-11)8-3-1-2-4-10(8)12;1-2-3;2*1-2/h1-4,7,13-14H,5-6H2;2H2,1H3;2*1-2H3. The fourth-order valence-electron chi connectivity index (χ4n) is 2.17. The van der Waals surface area contributed by atoms with Crippen molar-refractivity contribution in [3.05, 3.63) is 35.9 Å². The van der Waals surface area contributed by atoms with Crippen molar-refractivity contribution in [2.45, 2.75) is 41.0 Å². The molecule has 3 rings (SSSR count). The Hall–Kier alpha value is -1.41. The highest BCUT2D eigenvalue weighted by atomic mass is 35.5.